The van der Waals surface area contributed by atoms with Gasteiger partial charge in [-0.15, -0.1) is 11.3 Å². The van der Waals surface area contributed by atoms with Crippen LogP contribution in [0.15, 0.2) is 22.0 Å². The molecule has 0 saturated heterocycles. The van der Waals surface area contributed by atoms with Gasteiger partial charge in [-0.25, -0.2) is 4.79 Å². The van der Waals surface area contributed by atoms with E-state index in [0.717, 1.165) is 4.70 Å². The molecule has 0 bridgehead atoms. The third-order valence-electron chi connectivity index (χ3n) is 1.87. The number of carbonyl (C=O) groups is 1. The van der Waals surface area contributed by atoms with Gasteiger partial charge < -0.3 is 10.2 Å². The van der Waals surface area contributed by atoms with E-state index in [2.05, 4.69) is 15.9 Å². The van der Waals surface area contributed by atoms with E-state index in [9.17, 15) is 9.90 Å². The summed E-state index contributed by atoms with van der Waals surface area (Å²) in [5.41, 5.74) is 0.179. The van der Waals surface area contributed by atoms with Crippen molar-refractivity contribution in [2.45, 2.75) is 0 Å². The molecule has 72 valence electrons. The summed E-state index contributed by atoms with van der Waals surface area (Å²) in [5, 5.41) is 18.9. The monoisotopic (exact) mass is 272 g/mol. The van der Waals surface area contributed by atoms with Gasteiger partial charge in [-0.1, -0.05) is 0 Å². The van der Waals surface area contributed by atoms with E-state index in [0.29, 0.717) is 9.17 Å². The number of rotatable bonds is 1. The summed E-state index contributed by atoms with van der Waals surface area (Å²) in [6.07, 6.45) is 0. The molecule has 2 aromatic rings. The summed E-state index contributed by atoms with van der Waals surface area (Å²) in [4.78, 5) is 10.7. The first-order valence-electron chi connectivity index (χ1n) is 3.74. The van der Waals surface area contributed by atoms with Gasteiger partial charge in [-0.2, -0.15) is 0 Å². The van der Waals surface area contributed by atoms with Gasteiger partial charge in [0, 0.05) is 10.1 Å². The second kappa shape index (κ2) is 3.25. The van der Waals surface area contributed by atoms with Gasteiger partial charge in [0.05, 0.1) is 5.56 Å². The Balaban J connectivity index is 2.76. The van der Waals surface area contributed by atoms with Gasteiger partial charge >= 0.3 is 5.97 Å². The molecule has 0 atom stereocenters. The molecule has 3 nitrogen and oxygen atoms in total. The van der Waals surface area contributed by atoms with Crippen LogP contribution in [0.2, 0.25) is 0 Å². The maximum absolute atomic E-state index is 10.7. The lowest BCUT2D eigenvalue weighted by Crippen LogP contribution is -1.94. The van der Waals surface area contributed by atoms with Crippen LogP contribution in [-0.4, -0.2) is 16.2 Å². The summed E-state index contributed by atoms with van der Waals surface area (Å²) in [6.45, 7) is 0. The first-order chi connectivity index (χ1) is 6.59. The highest BCUT2D eigenvalue weighted by molar-refractivity contribution is 9.11. The van der Waals surface area contributed by atoms with Gasteiger partial charge in [0.15, 0.2) is 0 Å². The lowest BCUT2D eigenvalue weighted by atomic mass is 10.1. The molecule has 1 aromatic carbocycles. The summed E-state index contributed by atoms with van der Waals surface area (Å²) in [6, 6.07) is 4.68. The fourth-order valence-electron chi connectivity index (χ4n) is 1.19. The number of aromatic carboxylic acids is 1. The molecule has 1 aromatic heterocycles. The number of aromatic hydroxyl groups is 1. The molecular weight excluding hydrogens is 268 g/mol. The van der Waals surface area contributed by atoms with E-state index < -0.39 is 5.97 Å². The molecule has 0 spiro atoms. The van der Waals surface area contributed by atoms with Crippen molar-refractivity contribution >= 4 is 43.3 Å². The molecule has 14 heavy (non-hydrogen) atoms. The third kappa shape index (κ3) is 1.38. The van der Waals surface area contributed by atoms with E-state index in [1.54, 1.807) is 6.07 Å². The second-order valence-electron chi connectivity index (χ2n) is 2.74. The van der Waals surface area contributed by atoms with Crippen molar-refractivity contribution in [3.63, 3.8) is 0 Å². The van der Waals surface area contributed by atoms with Crippen LogP contribution in [0.25, 0.3) is 10.1 Å². The standard InChI is InChI=1S/C9H5BrO3S/c10-8-7(11)5-3-4(9(12)13)1-2-6(5)14-8/h1-3,11H,(H,12,13). The van der Waals surface area contributed by atoms with Crippen LogP contribution in [0.4, 0.5) is 0 Å². The molecule has 0 radical (unpaired) electrons. The van der Waals surface area contributed by atoms with Crippen molar-refractivity contribution < 1.29 is 15.0 Å². The molecule has 0 aliphatic heterocycles. The zero-order valence-electron chi connectivity index (χ0n) is 6.82. The van der Waals surface area contributed by atoms with Crippen LogP contribution in [-0.2, 0) is 0 Å². The van der Waals surface area contributed by atoms with Crippen LogP contribution in [0, 0.1) is 0 Å². The molecule has 0 aliphatic rings. The fraction of sp³-hybridized carbons (Fsp3) is 0. The second-order valence-corrected chi connectivity index (χ2v) is 5.11. The molecule has 1 heterocycles. The quantitative estimate of drug-likeness (QED) is 0.839. The normalized spacial score (nSPS) is 10.6. The maximum Gasteiger partial charge on any atom is 0.335 e. The minimum Gasteiger partial charge on any atom is -0.505 e. The van der Waals surface area contributed by atoms with Gasteiger partial charge in [-0.05, 0) is 34.1 Å². The predicted octanol–water partition coefficient (Wildman–Crippen LogP) is 3.07. The molecule has 0 fully saturated rings. The van der Waals surface area contributed by atoms with Crippen molar-refractivity contribution in [2.75, 3.05) is 0 Å². The van der Waals surface area contributed by atoms with Crippen LogP contribution in [0.5, 0.6) is 5.75 Å². The average molecular weight is 273 g/mol. The van der Waals surface area contributed by atoms with Crippen LogP contribution >= 0.6 is 27.3 Å². The van der Waals surface area contributed by atoms with E-state index >= 15 is 0 Å². The molecule has 0 aliphatic carbocycles. The SMILES string of the molecule is O=C(O)c1ccc2sc(Br)c(O)c2c1. The summed E-state index contributed by atoms with van der Waals surface area (Å²) in [7, 11) is 0. The maximum atomic E-state index is 10.7. The van der Waals surface area contributed by atoms with Crippen molar-refractivity contribution in [1.29, 1.82) is 0 Å². The summed E-state index contributed by atoms with van der Waals surface area (Å²) >= 11 is 4.56. The molecule has 2 rings (SSSR count). The molecule has 2 N–H and O–H groups in total. The largest absolute Gasteiger partial charge is 0.505 e. The van der Waals surface area contributed by atoms with E-state index in [4.69, 9.17) is 5.11 Å². The lowest BCUT2D eigenvalue weighted by molar-refractivity contribution is 0.0697. The number of benzene rings is 1. The van der Waals surface area contributed by atoms with Gasteiger partial charge in [0.1, 0.15) is 9.54 Å². The first-order valence-corrected chi connectivity index (χ1v) is 5.35. The Labute approximate surface area is 91.7 Å². The topological polar surface area (TPSA) is 57.5 Å². The highest BCUT2D eigenvalue weighted by Crippen LogP contribution is 2.40. The number of hydrogen-bond donors (Lipinski definition) is 2. The molecular formula is C9H5BrO3S. The van der Waals surface area contributed by atoms with Crippen molar-refractivity contribution in [2.24, 2.45) is 0 Å². The Bertz CT molecular complexity index is 518. The molecule has 5 heteroatoms. The predicted molar refractivity (Wildman–Crippen MR) is 58.1 cm³/mol. The van der Waals surface area contributed by atoms with Crippen LogP contribution < -0.4 is 0 Å². The van der Waals surface area contributed by atoms with Gasteiger partial charge in [0.25, 0.3) is 0 Å². The number of halogens is 1. The Morgan fingerprint density at radius 1 is 1.43 bits per heavy atom. The van der Waals surface area contributed by atoms with E-state index in [1.165, 1.54) is 23.5 Å². The van der Waals surface area contributed by atoms with Gasteiger partial charge in [0.2, 0.25) is 0 Å². The minimum absolute atomic E-state index is 0.105. The van der Waals surface area contributed by atoms with Crippen LogP contribution in [0.3, 0.4) is 0 Å². The zero-order valence-corrected chi connectivity index (χ0v) is 9.22. The zero-order chi connectivity index (χ0) is 10.3. The smallest absolute Gasteiger partial charge is 0.335 e. The number of carboxylic acids is 1. The average Bonchev–Trinajstić information content (AvgIpc) is 2.43. The lowest BCUT2D eigenvalue weighted by Gasteiger charge is -1.94. The Morgan fingerprint density at radius 2 is 2.14 bits per heavy atom. The molecule has 0 saturated carbocycles. The highest BCUT2D eigenvalue weighted by atomic mass is 79.9. The summed E-state index contributed by atoms with van der Waals surface area (Å²) < 4.78 is 1.48. The van der Waals surface area contributed by atoms with E-state index in [1.807, 2.05) is 0 Å². The van der Waals surface area contributed by atoms with Crippen molar-refractivity contribution in [3.8, 4) is 5.75 Å². The van der Waals surface area contributed by atoms with Gasteiger partial charge in [-0.3, -0.25) is 0 Å². The first kappa shape index (κ1) is 9.48. The molecule has 0 unspecified atom stereocenters. The molecule has 0 amide bonds. The highest BCUT2D eigenvalue weighted by Gasteiger charge is 2.11. The number of thiophene rings is 1. The third-order valence-corrected chi connectivity index (χ3v) is 3.68. The fourth-order valence-corrected chi connectivity index (χ4v) is 2.73. The number of fused-ring (bicyclic) bond motifs is 1. The number of hydrogen-bond acceptors (Lipinski definition) is 3. The van der Waals surface area contributed by atoms with E-state index in [-0.39, 0.29) is 11.3 Å². The van der Waals surface area contributed by atoms with Crippen molar-refractivity contribution in [1.82, 2.24) is 0 Å². The Hall–Kier alpha value is -1.07. The van der Waals surface area contributed by atoms with Crippen LogP contribution in [0.1, 0.15) is 10.4 Å². The Kier molecular flexibility index (Phi) is 2.20. The Morgan fingerprint density at radius 3 is 2.79 bits per heavy atom. The van der Waals surface area contributed by atoms with Crippen molar-refractivity contribution in [3.05, 3.63) is 27.5 Å². The minimum atomic E-state index is -0.992. The summed E-state index contributed by atoms with van der Waals surface area (Å²) in [5.74, 6) is -0.887. The number of carboxylic acid groups (broad SMARTS) is 1.